The fourth-order valence-electron chi connectivity index (χ4n) is 3.37. The zero-order valence-electron chi connectivity index (χ0n) is 15.4. The summed E-state index contributed by atoms with van der Waals surface area (Å²) in [6.07, 6.45) is 0. The van der Waals surface area contributed by atoms with Crippen LogP contribution in [0.2, 0.25) is 0 Å². The number of benzene rings is 3. The number of carbonyl (C=O) groups is 2. The van der Waals surface area contributed by atoms with Gasteiger partial charge >= 0.3 is 6.03 Å². The summed E-state index contributed by atoms with van der Waals surface area (Å²) >= 11 is 0. The summed E-state index contributed by atoms with van der Waals surface area (Å²) in [6.45, 7) is 0.0442. The van der Waals surface area contributed by atoms with Crippen LogP contribution in [0.1, 0.15) is 0 Å². The maximum atomic E-state index is 12.8. The summed E-state index contributed by atoms with van der Waals surface area (Å²) in [7, 11) is 0. The monoisotopic (exact) mass is 386 g/mol. The number of para-hydroxylation sites is 2. The van der Waals surface area contributed by atoms with E-state index in [4.69, 9.17) is 5.73 Å². The maximum absolute atomic E-state index is 12.8. The molecule has 0 radical (unpaired) electrons. The predicted octanol–water partition coefficient (Wildman–Crippen LogP) is 3.28. The molecule has 4 rings (SSSR count). The number of hydrogen-bond donors (Lipinski definition) is 3. The van der Waals surface area contributed by atoms with E-state index in [1.807, 2.05) is 41.0 Å². The van der Waals surface area contributed by atoms with Gasteiger partial charge in [-0.25, -0.2) is 4.79 Å². The molecule has 1 heterocycles. The normalized spacial score (nSPS) is 10.8. The molecule has 0 fully saturated rings. The fraction of sp³-hybridized carbons (Fsp3) is 0.0455. The highest BCUT2D eigenvalue weighted by atomic mass is 16.2. The lowest BCUT2D eigenvalue weighted by molar-refractivity contribution is -0.116. The summed E-state index contributed by atoms with van der Waals surface area (Å²) < 4.78 is 1.84. The molecule has 0 aliphatic carbocycles. The van der Waals surface area contributed by atoms with E-state index in [9.17, 15) is 14.4 Å². The number of urea groups is 1. The van der Waals surface area contributed by atoms with Gasteiger partial charge in [0.2, 0.25) is 5.91 Å². The molecule has 0 saturated heterocycles. The topological polar surface area (TPSA) is 106 Å². The summed E-state index contributed by atoms with van der Waals surface area (Å²) in [5.74, 6) is -0.237. The highest BCUT2D eigenvalue weighted by molar-refractivity contribution is 5.97. The zero-order valence-corrected chi connectivity index (χ0v) is 15.4. The first kappa shape index (κ1) is 18.2. The van der Waals surface area contributed by atoms with Gasteiger partial charge in [0.25, 0.3) is 0 Å². The van der Waals surface area contributed by atoms with Gasteiger partial charge in [-0.1, -0.05) is 24.3 Å². The van der Waals surface area contributed by atoms with E-state index in [1.165, 1.54) is 0 Å². The smallest absolute Gasteiger partial charge is 0.316 e. The lowest BCUT2D eigenvalue weighted by Crippen LogP contribution is -2.21. The molecule has 0 saturated carbocycles. The highest BCUT2D eigenvalue weighted by Gasteiger charge is 2.13. The van der Waals surface area contributed by atoms with Crippen LogP contribution in [-0.2, 0) is 11.3 Å². The first-order chi connectivity index (χ1) is 14.0. The van der Waals surface area contributed by atoms with Gasteiger partial charge in [-0.2, -0.15) is 0 Å². The molecule has 1 aromatic heterocycles. The van der Waals surface area contributed by atoms with Crippen molar-refractivity contribution in [3.8, 4) is 0 Å². The van der Waals surface area contributed by atoms with Crippen LogP contribution in [0.15, 0.2) is 77.6 Å². The number of primary amides is 1. The Morgan fingerprint density at radius 2 is 1.24 bits per heavy atom. The summed E-state index contributed by atoms with van der Waals surface area (Å²) in [4.78, 5) is 36.4. The Morgan fingerprint density at radius 1 is 0.759 bits per heavy atom. The molecule has 3 aromatic carbocycles. The number of nitrogens with zero attached hydrogens (tertiary/aromatic N) is 1. The first-order valence-electron chi connectivity index (χ1n) is 8.99. The standard InChI is InChI=1S/C22H18N4O3/c23-22(29)25-15-11-9-14(10-12-15)24-20(27)13-26-18-7-3-1-5-16(18)21(28)17-6-2-4-8-19(17)26/h1-12H,13H2,(H,24,27)(H3,23,25,29). The minimum Gasteiger partial charge on any atom is -0.351 e. The van der Waals surface area contributed by atoms with Gasteiger partial charge in [0, 0.05) is 22.1 Å². The lowest BCUT2D eigenvalue weighted by atomic mass is 10.1. The molecule has 7 heteroatoms. The number of fused-ring (bicyclic) bond motifs is 2. The second kappa shape index (κ2) is 7.47. The van der Waals surface area contributed by atoms with E-state index in [2.05, 4.69) is 10.6 Å². The van der Waals surface area contributed by atoms with Crippen molar-refractivity contribution in [1.82, 2.24) is 4.57 Å². The number of carbonyl (C=O) groups excluding carboxylic acids is 2. The zero-order chi connectivity index (χ0) is 20.4. The molecule has 0 aliphatic rings. The number of anilines is 2. The fourth-order valence-corrected chi connectivity index (χ4v) is 3.37. The molecule has 29 heavy (non-hydrogen) atoms. The summed E-state index contributed by atoms with van der Waals surface area (Å²) in [5, 5.41) is 6.44. The van der Waals surface area contributed by atoms with Crippen LogP contribution in [-0.4, -0.2) is 16.5 Å². The Bertz CT molecular complexity index is 1230. The highest BCUT2D eigenvalue weighted by Crippen LogP contribution is 2.20. The Kier molecular flexibility index (Phi) is 4.70. The summed E-state index contributed by atoms with van der Waals surface area (Å²) in [6, 6.07) is 20.5. The van der Waals surface area contributed by atoms with E-state index in [0.29, 0.717) is 33.2 Å². The number of hydrogen-bond acceptors (Lipinski definition) is 3. The molecule has 0 spiro atoms. The van der Waals surface area contributed by atoms with Crippen molar-refractivity contribution in [1.29, 1.82) is 0 Å². The average molecular weight is 386 g/mol. The minimum atomic E-state index is -0.654. The minimum absolute atomic E-state index is 0.0442. The van der Waals surface area contributed by atoms with Crippen LogP contribution in [0, 0.1) is 0 Å². The van der Waals surface area contributed by atoms with Crippen molar-refractivity contribution in [2.45, 2.75) is 6.54 Å². The second-order valence-electron chi connectivity index (χ2n) is 6.56. The molecule has 0 atom stereocenters. The van der Waals surface area contributed by atoms with Crippen molar-refractivity contribution < 1.29 is 9.59 Å². The van der Waals surface area contributed by atoms with Crippen molar-refractivity contribution in [2.24, 2.45) is 5.73 Å². The van der Waals surface area contributed by atoms with Gasteiger partial charge in [0.15, 0.2) is 5.43 Å². The van der Waals surface area contributed by atoms with Crippen LogP contribution in [0.3, 0.4) is 0 Å². The average Bonchev–Trinajstić information content (AvgIpc) is 2.72. The Labute approximate surface area is 165 Å². The number of nitrogens with one attached hydrogen (secondary N) is 2. The Balaban J connectivity index is 1.66. The van der Waals surface area contributed by atoms with Crippen molar-refractivity contribution >= 4 is 45.1 Å². The van der Waals surface area contributed by atoms with Crippen molar-refractivity contribution in [3.63, 3.8) is 0 Å². The molecule has 4 aromatic rings. The Hall–Kier alpha value is -4.13. The van der Waals surface area contributed by atoms with E-state index >= 15 is 0 Å². The lowest BCUT2D eigenvalue weighted by Gasteiger charge is -2.15. The molecule has 3 amide bonds. The van der Waals surface area contributed by atoms with E-state index in [0.717, 1.165) is 0 Å². The third kappa shape index (κ3) is 3.66. The first-order valence-corrected chi connectivity index (χ1v) is 8.99. The maximum Gasteiger partial charge on any atom is 0.316 e. The van der Waals surface area contributed by atoms with Crippen molar-refractivity contribution in [2.75, 3.05) is 10.6 Å². The number of nitrogens with two attached hydrogens (primary N) is 1. The SMILES string of the molecule is NC(=O)Nc1ccc(NC(=O)Cn2c3ccccc3c(=O)c3ccccc32)cc1. The Morgan fingerprint density at radius 3 is 1.76 bits per heavy atom. The van der Waals surface area contributed by atoms with Gasteiger partial charge in [0.05, 0.1) is 11.0 Å². The number of aromatic nitrogens is 1. The van der Waals surface area contributed by atoms with Crippen LogP contribution in [0.5, 0.6) is 0 Å². The molecule has 0 bridgehead atoms. The molecular formula is C22H18N4O3. The van der Waals surface area contributed by atoms with E-state index < -0.39 is 6.03 Å². The number of rotatable bonds is 4. The molecule has 7 nitrogen and oxygen atoms in total. The largest absolute Gasteiger partial charge is 0.351 e. The van der Waals surface area contributed by atoms with Gasteiger partial charge in [0.1, 0.15) is 6.54 Å². The number of amides is 3. The summed E-state index contributed by atoms with van der Waals surface area (Å²) in [5.41, 5.74) is 7.56. The van der Waals surface area contributed by atoms with Crippen LogP contribution in [0.4, 0.5) is 16.2 Å². The molecule has 0 unspecified atom stereocenters. The number of pyridine rings is 1. The van der Waals surface area contributed by atoms with E-state index in [1.54, 1.807) is 36.4 Å². The van der Waals surface area contributed by atoms with Gasteiger partial charge < -0.3 is 20.9 Å². The van der Waals surface area contributed by atoms with Crippen LogP contribution >= 0.6 is 0 Å². The molecule has 144 valence electrons. The molecular weight excluding hydrogens is 368 g/mol. The molecule has 4 N–H and O–H groups in total. The third-order valence-electron chi connectivity index (χ3n) is 4.62. The van der Waals surface area contributed by atoms with Gasteiger partial charge in [-0.3, -0.25) is 9.59 Å². The quantitative estimate of drug-likeness (QED) is 0.469. The van der Waals surface area contributed by atoms with Gasteiger partial charge in [-0.15, -0.1) is 0 Å². The van der Waals surface area contributed by atoms with Crippen molar-refractivity contribution in [3.05, 3.63) is 83.0 Å². The van der Waals surface area contributed by atoms with Gasteiger partial charge in [-0.05, 0) is 48.5 Å². The predicted molar refractivity (Wildman–Crippen MR) is 114 cm³/mol. The second-order valence-corrected chi connectivity index (χ2v) is 6.56. The van der Waals surface area contributed by atoms with Crippen LogP contribution < -0.4 is 21.8 Å². The van der Waals surface area contributed by atoms with E-state index in [-0.39, 0.29) is 17.9 Å². The third-order valence-corrected chi connectivity index (χ3v) is 4.62. The van der Waals surface area contributed by atoms with Crippen LogP contribution in [0.25, 0.3) is 21.8 Å². The molecule has 0 aliphatic heterocycles.